The van der Waals surface area contributed by atoms with Crippen molar-refractivity contribution in [2.24, 2.45) is 18.9 Å². The maximum absolute atomic E-state index is 13.2. The number of rotatable bonds is 4. The van der Waals surface area contributed by atoms with Crippen LogP contribution in [0, 0.1) is 18.8 Å². The number of nitrogens with zero attached hydrogens (tertiary/aromatic N) is 6. The molecule has 0 unspecified atom stereocenters. The highest BCUT2D eigenvalue weighted by molar-refractivity contribution is 6.03. The molecule has 0 bridgehead atoms. The molecule has 2 aliphatic heterocycles. The van der Waals surface area contributed by atoms with Gasteiger partial charge in [-0.1, -0.05) is 13.8 Å². The monoisotopic (exact) mass is 465 g/mol. The highest BCUT2D eigenvalue weighted by Crippen LogP contribution is 2.35. The number of aromatic nitrogens is 4. The lowest BCUT2D eigenvalue weighted by atomic mass is 9.94. The van der Waals surface area contributed by atoms with Crippen LogP contribution in [0.25, 0.3) is 0 Å². The van der Waals surface area contributed by atoms with Gasteiger partial charge in [-0.15, -0.1) is 0 Å². The summed E-state index contributed by atoms with van der Waals surface area (Å²) >= 11 is 0. The Labute approximate surface area is 189 Å². The third-order valence-electron chi connectivity index (χ3n) is 6.06. The first-order valence-corrected chi connectivity index (χ1v) is 10.7. The number of hydrogen-bond donors (Lipinski definition) is 1. The van der Waals surface area contributed by atoms with Crippen molar-refractivity contribution in [3.05, 3.63) is 29.0 Å². The van der Waals surface area contributed by atoms with E-state index in [0.717, 1.165) is 10.9 Å². The van der Waals surface area contributed by atoms with E-state index >= 15 is 0 Å². The zero-order chi connectivity index (χ0) is 24.2. The summed E-state index contributed by atoms with van der Waals surface area (Å²) in [5.41, 5.74) is -0.377. The number of carbonyl (C=O) groups is 2. The Kier molecular flexibility index (Phi) is 5.57. The average molecular weight is 465 g/mol. The predicted molar refractivity (Wildman–Crippen MR) is 114 cm³/mol. The largest absolute Gasteiger partial charge is 0.435 e. The van der Waals surface area contributed by atoms with E-state index in [0.29, 0.717) is 42.5 Å². The molecule has 9 nitrogen and oxygen atoms in total. The number of carbonyl (C=O) groups excluding carboxylic acids is 2. The second-order valence-electron chi connectivity index (χ2n) is 9.06. The predicted octanol–water partition coefficient (Wildman–Crippen LogP) is 2.26. The van der Waals surface area contributed by atoms with E-state index in [4.69, 9.17) is 0 Å². The Morgan fingerprint density at radius 1 is 1.24 bits per heavy atom. The van der Waals surface area contributed by atoms with Crippen LogP contribution < -0.4 is 10.2 Å². The van der Waals surface area contributed by atoms with E-state index in [-0.39, 0.29) is 23.8 Å². The summed E-state index contributed by atoms with van der Waals surface area (Å²) in [7, 11) is 3.18. The van der Waals surface area contributed by atoms with Gasteiger partial charge in [-0.2, -0.15) is 18.3 Å². The first kappa shape index (κ1) is 23.0. The first-order chi connectivity index (χ1) is 15.4. The summed E-state index contributed by atoms with van der Waals surface area (Å²) in [6.07, 6.45) is -3.12. The fourth-order valence-corrected chi connectivity index (χ4v) is 4.51. The molecule has 33 heavy (non-hydrogen) atoms. The fourth-order valence-electron chi connectivity index (χ4n) is 4.51. The van der Waals surface area contributed by atoms with Gasteiger partial charge in [0.05, 0.1) is 11.3 Å². The maximum Gasteiger partial charge on any atom is 0.435 e. The summed E-state index contributed by atoms with van der Waals surface area (Å²) in [6.45, 7) is 6.35. The molecule has 2 aromatic heterocycles. The standard InChI is InChI=1S/C21H26F3N7O2/c1-10(2)16-19(32)27-15-11(3)25-14(26-18(15)30(16)5)6-12-7-31(8-12)20(33)13-9-29(4)28-17(13)21(22,23)24/h9-10,12,16H,6-8H2,1-5H3,(H,27,32)/t16-/m0/s1. The first-order valence-electron chi connectivity index (χ1n) is 10.7. The van der Waals surface area contributed by atoms with Crippen LogP contribution in [0.2, 0.25) is 0 Å². The Morgan fingerprint density at radius 3 is 2.52 bits per heavy atom. The van der Waals surface area contributed by atoms with Gasteiger partial charge in [0.15, 0.2) is 11.5 Å². The number of amides is 2. The molecule has 0 spiro atoms. The van der Waals surface area contributed by atoms with Crippen LogP contribution in [0.1, 0.15) is 41.4 Å². The number of alkyl halides is 3. The van der Waals surface area contributed by atoms with Crippen molar-refractivity contribution < 1.29 is 22.8 Å². The Bertz CT molecular complexity index is 1110. The third kappa shape index (κ3) is 4.13. The van der Waals surface area contributed by atoms with Gasteiger partial charge >= 0.3 is 6.18 Å². The lowest BCUT2D eigenvalue weighted by Crippen LogP contribution is -2.51. The minimum absolute atomic E-state index is 0.0294. The molecule has 0 aromatic carbocycles. The van der Waals surface area contributed by atoms with E-state index in [1.165, 1.54) is 11.9 Å². The van der Waals surface area contributed by atoms with Gasteiger partial charge in [0.25, 0.3) is 5.91 Å². The molecule has 1 saturated heterocycles. The molecule has 4 rings (SSSR count). The lowest BCUT2D eigenvalue weighted by Gasteiger charge is -2.39. The minimum Gasteiger partial charge on any atom is -0.346 e. The van der Waals surface area contributed by atoms with E-state index in [1.807, 2.05) is 25.8 Å². The number of nitrogens with one attached hydrogen (secondary N) is 1. The number of anilines is 2. The molecular weight excluding hydrogens is 439 g/mol. The van der Waals surface area contributed by atoms with Crippen molar-refractivity contribution in [3.8, 4) is 0 Å². The Hall–Kier alpha value is -3.18. The van der Waals surface area contributed by atoms with Gasteiger partial charge in [-0.25, -0.2) is 9.97 Å². The molecule has 0 saturated carbocycles. The van der Waals surface area contributed by atoms with Gasteiger partial charge in [0.2, 0.25) is 5.91 Å². The van der Waals surface area contributed by atoms with Gasteiger partial charge < -0.3 is 15.1 Å². The molecule has 2 aliphatic rings. The van der Waals surface area contributed by atoms with Gasteiger partial charge in [0.1, 0.15) is 17.6 Å². The minimum atomic E-state index is -4.69. The molecule has 0 radical (unpaired) electrons. The lowest BCUT2D eigenvalue weighted by molar-refractivity contribution is -0.141. The number of aryl methyl sites for hydroxylation is 2. The number of likely N-dealkylation sites (tertiary alicyclic amines) is 1. The molecule has 4 heterocycles. The summed E-state index contributed by atoms with van der Waals surface area (Å²) in [5.74, 6) is 0.557. The maximum atomic E-state index is 13.2. The SMILES string of the molecule is Cc1nc(CC2CN(C(=O)c3cn(C)nc3C(F)(F)F)C2)nc2c1NC(=O)[C@H](C(C)C)N2C. The zero-order valence-corrected chi connectivity index (χ0v) is 19.1. The van der Waals surface area contributed by atoms with E-state index in [1.54, 1.807) is 6.92 Å². The third-order valence-corrected chi connectivity index (χ3v) is 6.06. The second kappa shape index (κ2) is 7.99. The van der Waals surface area contributed by atoms with Gasteiger partial charge in [-0.3, -0.25) is 14.3 Å². The topological polar surface area (TPSA) is 96.2 Å². The number of hydrogen-bond acceptors (Lipinski definition) is 6. The van der Waals surface area contributed by atoms with Crippen molar-refractivity contribution in [2.75, 3.05) is 30.4 Å². The summed E-state index contributed by atoms with van der Waals surface area (Å²) in [5, 5.41) is 6.30. The van der Waals surface area contributed by atoms with Crippen molar-refractivity contribution in [2.45, 2.75) is 39.4 Å². The highest BCUT2D eigenvalue weighted by Gasteiger charge is 2.42. The summed E-state index contributed by atoms with van der Waals surface area (Å²) < 4.78 is 40.6. The molecule has 12 heteroatoms. The molecule has 1 fully saturated rings. The normalized spacial score (nSPS) is 18.9. The Balaban J connectivity index is 1.46. The van der Waals surface area contributed by atoms with E-state index in [9.17, 15) is 22.8 Å². The second-order valence-corrected chi connectivity index (χ2v) is 9.06. The summed E-state index contributed by atoms with van der Waals surface area (Å²) in [4.78, 5) is 37.5. The fraction of sp³-hybridized carbons (Fsp3) is 0.571. The van der Waals surface area contributed by atoms with Gasteiger partial charge in [0, 0.05) is 45.7 Å². The Morgan fingerprint density at radius 2 is 1.91 bits per heavy atom. The molecule has 1 N–H and O–H groups in total. The smallest absolute Gasteiger partial charge is 0.346 e. The quantitative estimate of drug-likeness (QED) is 0.744. The molecule has 178 valence electrons. The zero-order valence-electron chi connectivity index (χ0n) is 19.1. The van der Waals surface area contributed by atoms with Crippen LogP contribution in [-0.2, 0) is 24.4 Å². The van der Waals surface area contributed by atoms with Crippen molar-refractivity contribution in [3.63, 3.8) is 0 Å². The van der Waals surface area contributed by atoms with Crippen LogP contribution >= 0.6 is 0 Å². The van der Waals surface area contributed by atoms with Crippen molar-refractivity contribution in [1.29, 1.82) is 0 Å². The van der Waals surface area contributed by atoms with Crippen molar-refractivity contribution in [1.82, 2.24) is 24.6 Å². The van der Waals surface area contributed by atoms with Crippen LogP contribution in [0.5, 0.6) is 0 Å². The van der Waals surface area contributed by atoms with Crippen molar-refractivity contribution >= 4 is 23.3 Å². The molecule has 1 atom stereocenters. The van der Waals surface area contributed by atoms with Crippen LogP contribution in [0.15, 0.2) is 6.20 Å². The molecule has 2 amide bonds. The molecule has 0 aliphatic carbocycles. The number of likely N-dealkylation sites (N-methyl/N-ethyl adjacent to an activating group) is 1. The summed E-state index contributed by atoms with van der Waals surface area (Å²) in [6, 6.07) is -0.348. The number of fused-ring (bicyclic) bond motifs is 1. The molecule has 2 aromatic rings. The highest BCUT2D eigenvalue weighted by atomic mass is 19.4. The average Bonchev–Trinajstić information content (AvgIpc) is 3.07. The van der Waals surface area contributed by atoms with Crippen LogP contribution in [0.3, 0.4) is 0 Å². The number of halogens is 3. The van der Waals surface area contributed by atoms with E-state index in [2.05, 4.69) is 20.4 Å². The molecular formula is C21H26F3N7O2. The van der Waals surface area contributed by atoms with E-state index < -0.39 is 23.3 Å². The van der Waals surface area contributed by atoms with Gasteiger partial charge in [-0.05, 0) is 12.8 Å². The van der Waals surface area contributed by atoms with Crippen LogP contribution in [0.4, 0.5) is 24.7 Å². The van der Waals surface area contributed by atoms with Crippen LogP contribution in [-0.4, -0.2) is 62.6 Å².